The fourth-order valence-corrected chi connectivity index (χ4v) is 5.48. The van der Waals surface area contributed by atoms with E-state index in [0.29, 0.717) is 0 Å². The zero-order valence-electron chi connectivity index (χ0n) is 26.4. The maximum atomic E-state index is 2.41. The van der Waals surface area contributed by atoms with E-state index in [2.05, 4.69) is 42.2 Å². The second-order valence-corrected chi connectivity index (χ2v) is 12.7. The van der Waals surface area contributed by atoms with Gasteiger partial charge in [0, 0.05) is 19.3 Å². The summed E-state index contributed by atoms with van der Waals surface area (Å²) in [5.41, 5.74) is 0. The van der Waals surface area contributed by atoms with Gasteiger partial charge in [-0.1, -0.05) is 96.8 Å². The summed E-state index contributed by atoms with van der Waals surface area (Å²) in [6.45, 7) is 11.7. The lowest BCUT2D eigenvalue weighted by Gasteiger charge is -2.18. The second-order valence-electron chi connectivity index (χ2n) is 12.7. The van der Waals surface area contributed by atoms with E-state index in [9.17, 15) is 0 Å². The van der Waals surface area contributed by atoms with Crippen molar-refractivity contribution in [1.82, 2.24) is 0 Å². The van der Waals surface area contributed by atoms with Gasteiger partial charge in [0.2, 0.25) is 0 Å². The standard InChI is InChI=1S/C32H70N4/c1-7-8-9-10-11-12-13-14-15-16-17-18-19-20-21-22-27-34(4)29-24-31-36(6)32-25-30-35(5)28-23-26-33(2)3/h7-32H2,1-6H3/p+4. The summed E-state index contributed by atoms with van der Waals surface area (Å²) < 4.78 is 0. The van der Waals surface area contributed by atoms with E-state index in [-0.39, 0.29) is 0 Å². The Morgan fingerprint density at radius 3 is 0.833 bits per heavy atom. The molecule has 0 aliphatic heterocycles. The summed E-state index contributed by atoms with van der Waals surface area (Å²) in [4.78, 5) is 6.78. The zero-order valence-corrected chi connectivity index (χ0v) is 26.4. The molecule has 0 saturated heterocycles. The quantitative estimate of drug-likeness (QED) is 0.110. The van der Waals surface area contributed by atoms with Crippen molar-refractivity contribution in [2.75, 3.05) is 81.1 Å². The molecule has 3 unspecified atom stereocenters. The van der Waals surface area contributed by atoms with Crippen LogP contribution in [0.4, 0.5) is 0 Å². The van der Waals surface area contributed by atoms with Gasteiger partial charge >= 0.3 is 0 Å². The maximum Gasteiger partial charge on any atom is 0.0823 e. The van der Waals surface area contributed by atoms with Gasteiger partial charge in [-0.15, -0.1) is 0 Å². The van der Waals surface area contributed by atoms with Crippen molar-refractivity contribution >= 4 is 0 Å². The topological polar surface area (TPSA) is 17.8 Å². The Balaban J connectivity index is 3.33. The molecule has 0 aromatic carbocycles. The highest BCUT2D eigenvalue weighted by molar-refractivity contribution is 4.50. The Kier molecular flexibility index (Phi) is 27.7. The van der Waals surface area contributed by atoms with E-state index in [4.69, 9.17) is 0 Å². The first-order chi connectivity index (χ1) is 17.5. The van der Waals surface area contributed by atoms with Crippen LogP contribution < -0.4 is 19.6 Å². The van der Waals surface area contributed by atoms with Crippen LogP contribution in [0, 0.1) is 0 Å². The fourth-order valence-electron chi connectivity index (χ4n) is 5.48. The van der Waals surface area contributed by atoms with E-state index in [1.165, 1.54) is 168 Å². The van der Waals surface area contributed by atoms with Crippen molar-refractivity contribution in [3.63, 3.8) is 0 Å². The summed E-state index contributed by atoms with van der Waals surface area (Å²) in [7, 11) is 11.7. The molecule has 36 heavy (non-hydrogen) atoms. The van der Waals surface area contributed by atoms with E-state index < -0.39 is 0 Å². The first-order valence-electron chi connectivity index (χ1n) is 16.7. The largest absolute Gasteiger partial charge is 0.340 e. The van der Waals surface area contributed by atoms with Gasteiger partial charge in [-0.25, -0.2) is 0 Å². The number of unbranched alkanes of at least 4 members (excludes halogenated alkanes) is 15. The highest BCUT2D eigenvalue weighted by atomic mass is 15.1. The summed E-state index contributed by atoms with van der Waals surface area (Å²) >= 11 is 0. The summed E-state index contributed by atoms with van der Waals surface area (Å²) in [6.07, 6.45) is 27.5. The first-order valence-corrected chi connectivity index (χ1v) is 16.7. The number of quaternary nitrogens is 4. The van der Waals surface area contributed by atoms with Crippen molar-refractivity contribution < 1.29 is 19.6 Å². The van der Waals surface area contributed by atoms with Crippen LogP contribution in [0.1, 0.15) is 129 Å². The van der Waals surface area contributed by atoms with Gasteiger partial charge in [0.1, 0.15) is 0 Å². The van der Waals surface area contributed by atoms with Crippen LogP contribution in [-0.4, -0.2) is 81.1 Å². The number of hydrogen-bond donors (Lipinski definition) is 4. The highest BCUT2D eigenvalue weighted by Gasteiger charge is 2.08. The second kappa shape index (κ2) is 27.9. The Labute approximate surface area is 229 Å². The Hall–Kier alpha value is -0.160. The molecule has 0 radical (unpaired) electrons. The lowest BCUT2D eigenvalue weighted by atomic mass is 10.0. The Morgan fingerprint density at radius 2 is 0.528 bits per heavy atom. The average molecular weight is 515 g/mol. The van der Waals surface area contributed by atoms with Gasteiger partial charge in [-0.3, -0.25) is 0 Å². The normalized spacial score (nSPS) is 14.4. The predicted molar refractivity (Wildman–Crippen MR) is 161 cm³/mol. The van der Waals surface area contributed by atoms with E-state index in [0.717, 1.165) is 0 Å². The van der Waals surface area contributed by atoms with Crippen LogP contribution in [0.3, 0.4) is 0 Å². The van der Waals surface area contributed by atoms with E-state index in [1.807, 2.05) is 0 Å². The lowest BCUT2D eigenvalue weighted by Crippen LogP contribution is -3.13. The molecule has 218 valence electrons. The van der Waals surface area contributed by atoms with Crippen molar-refractivity contribution in [2.24, 2.45) is 0 Å². The van der Waals surface area contributed by atoms with Crippen LogP contribution in [0.2, 0.25) is 0 Å². The fraction of sp³-hybridized carbons (Fsp3) is 1.00. The molecule has 0 heterocycles. The molecular weight excluding hydrogens is 440 g/mol. The van der Waals surface area contributed by atoms with Crippen LogP contribution in [0.15, 0.2) is 0 Å². The average Bonchev–Trinajstić information content (AvgIpc) is 2.83. The minimum atomic E-state index is 1.30. The molecule has 0 amide bonds. The van der Waals surface area contributed by atoms with E-state index in [1.54, 1.807) is 19.6 Å². The van der Waals surface area contributed by atoms with Crippen LogP contribution in [-0.2, 0) is 0 Å². The van der Waals surface area contributed by atoms with Gasteiger partial charge in [0.05, 0.1) is 81.1 Å². The molecule has 4 heteroatoms. The maximum absolute atomic E-state index is 2.41. The number of rotatable bonds is 29. The minimum Gasteiger partial charge on any atom is -0.340 e. The lowest BCUT2D eigenvalue weighted by molar-refractivity contribution is -0.910. The first kappa shape index (κ1) is 35.8. The van der Waals surface area contributed by atoms with Crippen molar-refractivity contribution in [2.45, 2.75) is 129 Å². The smallest absolute Gasteiger partial charge is 0.0823 e. The van der Waals surface area contributed by atoms with Gasteiger partial charge in [0.25, 0.3) is 0 Å². The summed E-state index contributed by atoms with van der Waals surface area (Å²) in [5.74, 6) is 0. The molecule has 0 aliphatic carbocycles. The monoisotopic (exact) mass is 515 g/mol. The minimum absolute atomic E-state index is 1.30. The summed E-state index contributed by atoms with van der Waals surface area (Å²) in [6, 6.07) is 0. The predicted octanol–water partition coefficient (Wildman–Crippen LogP) is 2.11. The molecule has 3 atom stereocenters. The molecular formula is C32H74N4+4. The molecule has 0 saturated carbocycles. The van der Waals surface area contributed by atoms with Gasteiger partial charge in [-0.05, 0) is 12.8 Å². The van der Waals surface area contributed by atoms with E-state index >= 15 is 0 Å². The third-order valence-electron chi connectivity index (χ3n) is 8.15. The molecule has 4 nitrogen and oxygen atoms in total. The SMILES string of the molecule is CCCCCCCCCCCCCCCCCC[NH+](C)CCC[NH+](C)CCC[NH+](C)CCC[NH+](C)C. The third-order valence-corrected chi connectivity index (χ3v) is 8.15. The molecule has 0 spiro atoms. The van der Waals surface area contributed by atoms with Crippen LogP contribution >= 0.6 is 0 Å². The van der Waals surface area contributed by atoms with Crippen molar-refractivity contribution in [1.29, 1.82) is 0 Å². The molecule has 4 N–H and O–H groups in total. The molecule has 0 bridgehead atoms. The molecule has 0 fully saturated rings. The molecule has 0 rings (SSSR count). The van der Waals surface area contributed by atoms with Crippen molar-refractivity contribution in [3.8, 4) is 0 Å². The molecule has 0 aliphatic rings. The Morgan fingerprint density at radius 1 is 0.278 bits per heavy atom. The van der Waals surface area contributed by atoms with Gasteiger partial charge in [0.15, 0.2) is 0 Å². The molecule has 0 aromatic rings. The van der Waals surface area contributed by atoms with Gasteiger partial charge < -0.3 is 19.6 Å². The van der Waals surface area contributed by atoms with Crippen molar-refractivity contribution in [3.05, 3.63) is 0 Å². The number of hydrogen-bond acceptors (Lipinski definition) is 0. The van der Waals surface area contributed by atoms with Gasteiger partial charge in [-0.2, -0.15) is 0 Å². The van der Waals surface area contributed by atoms with Crippen LogP contribution in [0.5, 0.6) is 0 Å². The molecule has 0 aromatic heterocycles. The third kappa shape index (κ3) is 28.4. The summed E-state index contributed by atoms with van der Waals surface area (Å²) in [5, 5.41) is 0. The zero-order chi connectivity index (χ0) is 26.7. The highest BCUT2D eigenvalue weighted by Crippen LogP contribution is 2.13. The number of nitrogens with one attached hydrogen (secondary N) is 4. The Bertz CT molecular complexity index is 415. The van der Waals surface area contributed by atoms with Crippen LogP contribution in [0.25, 0.3) is 0 Å².